The fraction of sp³-hybridized carbons (Fsp3) is 0.200. The Hall–Kier alpha value is -1.32. The molecule has 0 atom stereocenters. The SMILES string of the molecule is CNCc1ccccc1Oc1ccc(Br)c(C)c1. The van der Waals surface area contributed by atoms with E-state index >= 15 is 0 Å². The highest BCUT2D eigenvalue weighted by atomic mass is 79.9. The molecule has 94 valence electrons. The number of nitrogens with one attached hydrogen (secondary N) is 1. The van der Waals surface area contributed by atoms with E-state index in [-0.39, 0.29) is 0 Å². The van der Waals surface area contributed by atoms with Crippen molar-refractivity contribution in [1.82, 2.24) is 5.32 Å². The molecule has 0 unspecified atom stereocenters. The molecular formula is C15H16BrNO. The van der Waals surface area contributed by atoms with Gasteiger partial charge in [-0.05, 0) is 43.8 Å². The minimum absolute atomic E-state index is 0.797. The standard InChI is InChI=1S/C15H16BrNO/c1-11-9-13(7-8-14(11)16)18-15-6-4-3-5-12(15)10-17-2/h3-9,17H,10H2,1-2H3. The van der Waals surface area contributed by atoms with Crippen LogP contribution in [0.25, 0.3) is 0 Å². The smallest absolute Gasteiger partial charge is 0.131 e. The number of halogens is 1. The van der Waals surface area contributed by atoms with Crippen molar-refractivity contribution in [2.45, 2.75) is 13.5 Å². The van der Waals surface area contributed by atoms with Crippen LogP contribution in [0.15, 0.2) is 46.9 Å². The van der Waals surface area contributed by atoms with Crippen molar-refractivity contribution in [1.29, 1.82) is 0 Å². The minimum atomic E-state index is 0.797. The average Bonchev–Trinajstić information content (AvgIpc) is 2.37. The van der Waals surface area contributed by atoms with Crippen LogP contribution in [0.2, 0.25) is 0 Å². The van der Waals surface area contributed by atoms with Gasteiger partial charge in [0, 0.05) is 16.6 Å². The monoisotopic (exact) mass is 305 g/mol. The summed E-state index contributed by atoms with van der Waals surface area (Å²) >= 11 is 3.49. The number of ether oxygens (including phenoxy) is 1. The van der Waals surface area contributed by atoms with Gasteiger partial charge in [-0.25, -0.2) is 0 Å². The van der Waals surface area contributed by atoms with Gasteiger partial charge in [0.25, 0.3) is 0 Å². The number of benzene rings is 2. The van der Waals surface area contributed by atoms with Crippen LogP contribution in [-0.4, -0.2) is 7.05 Å². The van der Waals surface area contributed by atoms with Gasteiger partial charge in [0.2, 0.25) is 0 Å². The predicted octanol–water partition coefficient (Wildman–Crippen LogP) is 4.27. The van der Waals surface area contributed by atoms with Crippen molar-refractivity contribution in [2.24, 2.45) is 0 Å². The lowest BCUT2D eigenvalue weighted by Gasteiger charge is -2.11. The molecule has 0 spiro atoms. The highest BCUT2D eigenvalue weighted by Gasteiger charge is 2.04. The topological polar surface area (TPSA) is 21.3 Å². The van der Waals surface area contributed by atoms with E-state index in [2.05, 4.69) is 34.2 Å². The highest BCUT2D eigenvalue weighted by Crippen LogP contribution is 2.28. The molecule has 0 amide bonds. The first-order valence-corrected chi connectivity index (χ1v) is 6.66. The predicted molar refractivity (Wildman–Crippen MR) is 78.2 cm³/mol. The maximum atomic E-state index is 5.94. The second-order valence-corrected chi connectivity index (χ2v) is 5.01. The molecule has 2 rings (SSSR count). The second-order valence-electron chi connectivity index (χ2n) is 4.15. The van der Waals surface area contributed by atoms with E-state index in [1.54, 1.807) is 0 Å². The molecule has 0 saturated carbocycles. The normalized spacial score (nSPS) is 10.4. The van der Waals surface area contributed by atoms with Gasteiger partial charge in [-0.1, -0.05) is 34.1 Å². The number of aryl methyl sites for hydroxylation is 1. The van der Waals surface area contributed by atoms with Crippen molar-refractivity contribution in [2.75, 3.05) is 7.05 Å². The van der Waals surface area contributed by atoms with Crippen LogP contribution >= 0.6 is 15.9 Å². The molecule has 1 N–H and O–H groups in total. The van der Waals surface area contributed by atoms with Gasteiger partial charge in [-0.2, -0.15) is 0 Å². The molecule has 0 aliphatic rings. The van der Waals surface area contributed by atoms with E-state index in [0.29, 0.717) is 0 Å². The first-order chi connectivity index (χ1) is 8.70. The van der Waals surface area contributed by atoms with E-state index in [1.807, 2.05) is 43.4 Å². The molecular weight excluding hydrogens is 290 g/mol. The second kappa shape index (κ2) is 6.03. The zero-order chi connectivity index (χ0) is 13.0. The van der Waals surface area contributed by atoms with E-state index in [0.717, 1.165) is 28.1 Å². The molecule has 0 heterocycles. The Bertz CT molecular complexity index is 540. The Morgan fingerprint density at radius 1 is 1.17 bits per heavy atom. The van der Waals surface area contributed by atoms with Crippen molar-refractivity contribution in [3.05, 3.63) is 58.1 Å². The van der Waals surface area contributed by atoms with Crippen molar-refractivity contribution in [3.63, 3.8) is 0 Å². The van der Waals surface area contributed by atoms with Gasteiger partial charge < -0.3 is 10.1 Å². The third-order valence-corrected chi connectivity index (χ3v) is 3.59. The number of hydrogen-bond donors (Lipinski definition) is 1. The van der Waals surface area contributed by atoms with Crippen LogP contribution in [0.4, 0.5) is 0 Å². The average molecular weight is 306 g/mol. The summed E-state index contributed by atoms with van der Waals surface area (Å²) in [6.45, 7) is 2.85. The third kappa shape index (κ3) is 3.12. The number of hydrogen-bond acceptors (Lipinski definition) is 2. The van der Waals surface area contributed by atoms with Gasteiger partial charge >= 0.3 is 0 Å². The number of para-hydroxylation sites is 1. The first-order valence-electron chi connectivity index (χ1n) is 5.87. The van der Waals surface area contributed by atoms with Crippen LogP contribution in [0.3, 0.4) is 0 Å². The zero-order valence-electron chi connectivity index (χ0n) is 10.5. The van der Waals surface area contributed by atoms with Gasteiger partial charge in [-0.3, -0.25) is 0 Å². The van der Waals surface area contributed by atoms with E-state index in [9.17, 15) is 0 Å². The van der Waals surface area contributed by atoms with Crippen molar-refractivity contribution >= 4 is 15.9 Å². The van der Waals surface area contributed by atoms with Crippen molar-refractivity contribution in [3.8, 4) is 11.5 Å². The Morgan fingerprint density at radius 3 is 2.67 bits per heavy atom. The highest BCUT2D eigenvalue weighted by molar-refractivity contribution is 9.10. The Kier molecular flexibility index (Phi) is 4.39. The lowest BCUT2D eigenvalue weighted by atomic mass is 10.2. The lowest BCUT2D eigenvalue weighted by Crippen LogP contribution is -2.06. The van der Waals surface area contributed by atoms with Gasteiger partial charge in [0.1, 0.15) is 11.5 Å². The molecule has 2 nitrogen and oxygen atoms in total. The fourth-order valence-electron chi connectivity index (χ4n) is 1.75. The van der Waals surface area contributed by atoms with Crippen LogP contribution in [0, 0.1) is 6.92 Å². The van der Waals surface area contributed by atoms with E-state index < -0.39 is 0 Å². The zero-order valence-corrected chi connectivity index (χ0v) is 12.1. The molecule has 2 aromatic rings. The third-order valence-electron chi connectivity index (χ3n) is 2.70. The largest absolute Gasteiger partial charge is 0.457 e. The summed E-state index contributed by atoms with van der Waals surface area (Å²) in [6, 6.07) is 14.1. The molecule has 0 fully saturated rings. The van der Waals surface area contributed by atoms with Crippen molar-refractivity contribution < 1.29 is 4.74 Å². The molecule has 3 heteroatoms. The summed E-state index contributed by atoms with van der Waals surface area (Å²) in [5, 5.41) is 3.14. The van der Waals surface area contributed by atoms with Gasteiger partial charge in [-0.15, -0.1) is 0 Å². The maximum absolute atomic E-state index is 5.94. The summed E-state index contributed by atoms with van der Waals surface area (Å²) in [6.07, 6.45) is 0. The van der Waals surface area contributed by atoms with E-state index in [4.69, 9.17) is 4.74 Å². The number of rotatable bonds is 4. The molecule has 2 aromatic carbocycles. The molecule has 0 aromatic heterocycles. The van der Waals surface area contributed by atoms with Crippen LogP contribution in [0.1, 0.15) is 11.1 Å². The Balaban J connectivity index is 2.25. The molecule has 0 radical (unpaired) electrons. The minimum Gasteiger partial charge on any atom is -0.457 e. The molecule has 0 aliphatic heterocycles. The summed E-state index contributed by atoms with van der Waals surface area (Å²) in [5.41, 5.74) is 2.32. The van der Waals surface area contributed by atoms with Crippen LogP contribution in [0.5, 0.6) is 11.5 Å². The van der Waals surface area contributed by atoms with E-state index in [1.165, 1.54) is 5.56 Å². The lowest BCUT2D eigenvalue weighted by molar-refractivity contribution is 0.474. The summed E-state index contributed by atoms with van der Waals surface area (Å²) in [5.74, 6) is 1.76. The van der Waals surface area contributed by atoms with Gasteiger partial charge in [0.05, 0.1) is 0 Å². The molecule has 0 saturated heterocycles. The quantitative estimate of drug-likeness (QED) is 0.911. The molecule has 0 aliphatic carbocycles. The molecule has 0 bridgehead atoms. The van der Waals surface area contributed by atoms with Crippen LogP contribution < -0.4 is 10.1 Å². The maximum Gasteiger partial charge on any atom is 0.131 e. The Labute approximate surface area is 116 Å². The fourth-order valence-corrected chi connectivity index (χ4v) is 1.99. The Morgan fingerprint density at radius 2 is 1.94 bits per heavy atom. The summed E-state index contributed by atoms with van der Waals surface area (Å²) in [7, 11) is 1.93. The first kappa shape index (κ1) is 13.1. The van der Waals surface area contributed by atoms with Gasteiger partial charge in [0.15, 0.2) is 0 Å². The summed E-state index contributed by atoms with van der Waals surface area (Å²) < 4.78 is 7.03. The summed E-state index contributed by atoms with van der Waals surface area (Å²) in [4.78, 5) is 0. The molecule has 18 heavy (non-hydrogen) atoms. The van der Waals surface area contributed by atoms with Crippen LogP contribution in [-0.2, 0) is 6.54 Å².